The Morgan fingerprint density at radius 3 is 2.67 bits per heavy atom. The molecule has 3 heterocycles. The average Bonchev–Trinajstić information content (AvgIpc) is 3.25. The second-order valence-electron chi connectivity index (χ2n) is 7.87. The molecule has 7 heteroatoms. The van der Waals surface area contributed by atoms with Gasteiger partial charge < -0.3 is 9.80 Å². The average molecular weight is 367 g/mol. The maximum Gasteiger partial charge on any atom is 0.253 e. The first-order chi connectivity index (χ1) is 12.9. The van der Waals surface area contributed by atoms with Gasteiger partial charge in [0.15, 0.2) is 5.82 Å². The summed E-state index contributed by atoms with van der Waals surface area (Å²) in [7, 11) is 0. The van der Waals surface area contributed by atoms with Crippen LogP contribution in [-0.2, 0) is 10.2 Å². The van der Waals surface area contributed by atoms with Gasteiger partial charge in [-0.25, -0.2) is 4.98 Å². The van der Waals surface area contributed by atoms with E-state index in [0.717, 1.165) is 29.2 Å². The molecule has 1 aromatic heterocycles. The van der Waals surface area contributed by atoms with Crippen LogP contribution in [0.3, 0.4) is 0 Å². The molecule has 0 aliphatic carbocycles. The molecule has 0 spiro atoms. The highest BCUT2D eigenvalue weighted by Crippen LogP contribution is 2.44. The van der Waals surface area contributed by atoms with Gasteiger partial charge >= 0.3 is 0 Å². The van der Waals surface area contributed by atoms with E-state index in [4.69, 9.17) is 0 Å². The van der Waals surface area contributed by atoms with E-state index in [-0.39, 0.29) is 23.1 Å². The SMILES string of the molecule is CC(=O)N1C[C@H]2CN(C(=O)c3cccc(C)c3)CC[C@@]2(c2n[nH]c(C)n2)C1. The molecule has 0 unspecified atom stereocenters. The number of fused-ring (bicyclic) bond motifs is 1. The van der Waals surface area contributed by atoms with E-state index in [0.29, 0.717) is 26.2 Å². The fourth-order valence-electron chi connectivity index (χ4n) is 4.50. The number of carbonyl (C=O) groups excluding carboxylic acids is 2. The molecule has 27 heavy (non-hydrogen) atoms. The Morgan fingerprint density at radius 1 is 1.22 bits per heavy atom. The number of benzene rings is 1. The van der Waals surface area contributed by atoms with Gasteiger partial charge in [-0.05, 0) is 32.4 Å². The maximum atomic E-state index is 13.0. The highest BCUT2D eigenvalue weighted by Gasteiger charge is 2.54. The number of carbonyl (C=O) groups is 2. The van der Waals surface area contributed by atoms with E-state index in [1.807, 2.05) is 47.9 Å². The molecule has 2 fully saturated rings. The normalized spacial score (nSPS) is 24.8. The Bertz CT molecular complexity index is 892. The summed E-state index contributed by atoms with van der Waals surface area (Å²) in [6, 6.07) is 7.71. The number of nitrogens with one attached hydrogen (secondary N) is 1. The predicted octanol–water partition coefficient (Wildman–Crippen LogP) is 1.68. The number of nitrogens with zero attached hydrogens (tertiary/aromatic N) is 4. The molecule has 142 valence electrons. The van der Waals surface area contributed by atoms with Gasteiger partial charge in [0.2, 0.25) is 5.91 Å². The molecule has 0 saturated carbocycles. The van der Waals surface area contributed by atoms with Crippen molar-refractivity contribution in [2.45, 2.75) is 32.6 Å². The van der Waals surface area contributed by atoms with Gasteiger partial charge in [0.1, 0.15) is 5.82 Å². The number of likely N-dealkylation sites (tertiary alicyclic amines) is 2. The van der Waals surface area contributed by atoms with E-state index >= 15 is 0 Å². The molecule has 2 amide bonds. The minimum atomic E-state index is -0.278. The summed E-state index contributed by atoms with van der Waals surface area (Å²) in [5.74, 6) is 1.81. The van der Waals surface area contributed by atoms with E-state index in [2.05, 4.69) is 15.2 Å². The van der Waals surface area contributed by atoms with E-state index in [9.17, 15) is 9.59 Å². The lowest BCUT2D eigenvalue weighted by atomic mass is 9.71. The van der Waals surface area contributed by atoms with Crippen molar-refractivity contribution in [3.8, 4) is 0 Å². The van der Waals surface area contributed by atoms with Crippen LogP contribution in [-0.4, -0.2) is 63.0 Å². The van der Waals surface area contributed by atoms with Gasteiger partial charge in [-0.1, -0.05) is 17.7 Å². The summed E-state index contributed by atoms with van der Waals surface area (Å²) >= 11 is 0. The molecular formula is C20H25N5O2. The zero-order valence-corrected chi connectivity index (χ0v) is 16.0. The van der Waals surface area contributed by atoms with Crippen LogP contribution in [0.4, 0.5) is 0 Å². The Morgan fingerprint density at radius 2 is 2.00 bits per heavy atom. The van der Waals surface area contributed by atoms with Crippen molar-refractivity contribution < 1.29 is 9.59 Å². The molecule has 2 atom stereocenters. The van der Waals surface area contributed by atoms with Crippen molar-refractivity contribution in [1.29, 1.82) is 0 Å². The number of amides is 2. The van der Waals surface area contributed by atoms with Gasteiger partial charge in [-0.15, -0.1) is 0 Å². The quantitative estimate of drug-likeness (QED) is 0.876. The number of H-pyrrole nitrogens is 1. The van der Waals surface area contributed by atoms with Crippen molar-refractivity contribution >= 4 is 11.8 Å². The van der Waals surface area contributed by atoms with Crippen molar-refractivity contribution in [1.82, 2.24) is 25.0 Å². The van der Waals surface area contributed by atoms with Crippen LogP contribution in [0.2, 0.25) is 0 Å². The lowest BCUT2D eigenvalue weighted by Gasteiger charge is -2.41. The van der Waals surface area contributed by atoms with Gasteiger partial charge in [0.05, 0.1) is 5.41 Å². The number of rotatable bonds is 2. The summed E-state index contributed by atoms with van der Waals surface area (Å²) in [6.07, 6.45) is 0.760. The number of aromatic amines is 1. The summed E-state index contributed by atoms with van der Waals surface area (Å²) in [4.78, 5) is 33.4. The molecule has 1 N–H and O–H groups in total. The number of aromatic nitrogens is 3. The standard InChI is InChI=1S/C20H25N5O2/c1-13-5-4-6-16(9-13)18(27)24-8-7-20(19-21-14(2)22-23-19)12-25(15(3)26)11-17(20)10-24/h4-6,9,17H,7-8,10-12H2,1-3H3,(H,21,22,23)/t17-,20-/m1/s1. The number of hydrogen-bond acceptors (Lipinski definition) is 4. The summed E-state index contributed by atoms with van der Waals surface area (Å²) in [5.41, 5.74) is 1.52. The van der Waals surface area contributed by atoms with Crippen LogP contribution in [0.5, 0.6) is 0 Å². The van der Waals surface area contributed by atoms with Crippen LogP contribution in [0.15, 0.2) is 24.3 Å². The predicted molar refractivity (Wildman–Crippen MR) is 100 cm³/mol. The fraction of sp³-hybridized carbons (Fsp3) is 0.500. The van der Waals surface area contributed by atoms with E-state index < -0.39 is 0 Å². The molecule has 2 saturated heterocycles. The monoisotopic (exact) mass is 367 g/mol. The van der Waals surface area contributed by atoms with Crippen molar-refractivity contribution in [3.05, 3.63) is 47.0 Å². The van der Waals surface area contributed by atoms with Crippen molar-refractivity contribution in [2.24, 2.45) is 5.92 Å². The third kappa shape index (κ3) is 3.01. The number of piperidine rings is 1. The van der Waals surface area contributed by atoms with E-state index in [1.54, 1.807) is 6.92 Å². The maximum absolute atomic E-state index is 13.0. The molecule has 2 aromatic rings. The van der Waals surface area contributed by atoms with Gasteiger partial charge in [0.25, 0.3) is 5.91 Å². The molecule has 2 aliphatic rings. The number of hydrogen-bond donors (Lipinski definition) is 1. The molecule has 7 nitrogen and oxygen atoms in total. The van der Waals surface area contributed by atoms with Crippen molar-refractivity contribution in [2.75, 3.05) is 26.2 Å². The minimum absolute atomic E-state index is 0.0553. The van der Waals surface area contributed by atoms with Crippen molar-refractivity contribution in [3.63, 3.8) is 0 Å². The lowest BCUT2D eigenvalue weighted by Crippen LogP contribution is -2.51. The Labute approximate surface area is 158 Å². The van der Waals surface area contributed by atoms with Gasteiger partial charge in [-0.3, -0.25) is 14.7 Å². The zero-order chi connectivity index (χ0) is 19.2. The fourth-order valence-corrected chi connectivity index (χ4v) is 4.50. The minimum Gasteiger partial charge on any atom is -0.342 e. The highest BCUT2D eigenvalue weighted by molar-refractivity contribution is 5.94. The Balaban J connectivity index is 1.62. The molecule has 0 radical (unpaired) electrons. The summed E-state index contributed by atoms with van der Waals surface area (Å²) < 4.78 is 0. The molecule has 4 rings (SSSR count). The van der Waals surface area contributed by atoms with Crippen LogP contribution in [0.1, 0.15) is 40.9 Å². The summed E-state index contributed by atoms with van der Waals surface area (Å²) in [6.45, 7) is 8.00. The number of aryl methyl sites for hydroxylation is 2. The first-order valence-electron chi connectivity index (χ1n) is 9.40. The lowest BCUT2D eigenvalue weighted by molar-refractivity contribution is -0.128. The highest BCUT2D eigenvalue weighted by atomic mass is 16.2. The first-order valence-corrected chi connectivity index (χ1v) is 9.40. The molecule has 0 bridgehead atoms. The third-order valence-corrected chi connectivity index (χ3v) is 6.00. The van der Waals surface area contributed by atoms with Gasteiger partial charge in [-0.2, -0.15) is 5.10 Å². The van der Waals surface area contributed by atoms with Gasteiger partial charge in [0, 0.05) is 44.6 Å². The van der Waals surface area contributed by atoms with Crippen LogP contribution in [0, 0.1) is 19.8 Å². The second-order valence-corrected chi connectivity index (χ2v) is 7.87. The topological polar surface area (TPSA) is 82.2 Å². The smallest absolute Gasteiger partial charge is 0.253 e. The zero-order valence-electron chi connectivity index (χ0n) is 16.0. The van der Waals surface area contributed by atoms with Crippen LogP contribution in [0.25, 0.3) is 0 Å². The second kappa shape index (κ2) is 6.48. The largest absolute Gasteiger partial charge is 0.342 e. The first kappa shape index (κ1) is 17.7. The molecular weight excluding hydrogens is 342 g/mol. The third-order valence-electron chi connectivity index (χ3n) is 6.00. The van der Waals surface area contributed by atoms with E-state index in [1.165, 1.54) is 0 Å². The van der Waals surface area contributed by atoms with Crippen LogP contribution < -0.4 is 0 Å². The molecule has 2 aliphatic heterocycles. The Kier molecular flexibility index (Phi) is 4.25. The molecule has 1 aromatic carbocycles. The summed E-state index contributed by atoms with van der Waals surface area (Å²) in [5, 5.41) is 7.37. The van der Waals surface area contributed by atoms with Crippen LogP contribution >= 0.6 is 0 Å². The Hall–Kier alpha value is -2.70.